The van der Waals surface area contributed by atoms with Crippen LogP contribution in [-0.4, -0.2) is 11.6 Å². The predicted octanol–water partition coefficient (Wildman–Crippen LogP) is 7.51. The van der Waals surface area contributed by atoms with E-state index in [0.29, 0.717) is 5.41 Å². The lowest BCUT2D eigenvalue weighted by Crippen LogP contribution is -2.49. The summed E-state index contributed by atoms with van der Waals surface area (Å²) in [6.07, 6.45) is 8.94. The van der Waals surface area contributed by atoms with Crippen LogP contribution in [0.15, 0.2) is 0 Å². The molecule has 0 spiro atoms. The molecule has 0 saturated heterocycles. The molecule has 4 aliphatic rings. The monoisotopic (exact) mass is 404 g/mol. The Morgan fingerprint density at radius 1 is 0.966 bits per heavy atom. The van der Waals surface area contributed by atoms with Crippen molar-refractivity contribution in [2.75, 3.05) is 0 Å². The van der Waals surface area contributed by atoms with Crippen LogP contribution in [0.4, 0.5) is 0 Å². The average Bonchev–Trinajstić information content (AvgIpc) is 3.25. The Morgan fingerprint density at radius 2 is 1.55 bits per heavy atom. The smallest absolute Gasteiger partial charge is 0.303 e. The molecule has 0 amide bonds. The fourth-order valence-corrected chi connectivity index (χ4v) is 9.04. The zero-order valence-electron chi connectivity index (χ0n) is 20.8. The van der Waals surface area contributed by atoms with Gasteiger partial charge in [-0.25, -0.2) is 0 Å². The number of carbonyl (C=O) groups excluding carboxylic acids is 1. The second kappa shape index (κ2) is 7.86. The molecule has 4 fully saturated rings. The molecule has 2 nitrogen and oxygen atoms in total. The second-order valence-corrected chi connectivity index (χ2v) is 12.2. The summed E-state index contributed by atoms with van der Waals surface area (Å²) in [5.41, 5.74) is 0.259. The molecule has 29 heavy (non-hydrogen) atoms. The SMILES string of the molecule is CCC1(OC(C)=O)CC2CCC1(C)C2(C)C.CCC1CC(C)C2C(C)CC(C)C12. The summed E-state index contributed by atoms with van der Waals surface area (Å²) in [5, 5.41) is 0. The molecule has 0 heterocycles. The fraction of sp³-hybridized carbons (Fsp3) is 0.963. The maximum atomic E-state index is 11.4. The zero-order valence-corrected chi connectivity index (χ0v) is 20.8. The molecule has 168 valence electrons. The Balaban J connectivity index is 0.000000169. The van der Waals surface area contributed by atoms with E-state index in [1.807, 2.05) is 0 Å². The molecule has 0 aromatic heterocycles. The minimum Gasteiger partial charge on any atom is -0.459 e. The highest BCUT2D eigenvalue weighted by molar-refractivity contribution is 5.67. The summed E-state index contributed by atoms with van der Waals surface area (Å²) in [4.78, 5) is 11.4. The van der Waals surface area contributed by atoms with E-state index in [-0.39, 0.29) is 17.0 Å². The summed E-state index contributed by atoms with van der Waals surface area (Å²) in [6, 6.07) is 0. The lowest BCUT2D eigenvalue weighted by Gasteiger charge is -2.47. The van der Waals surface area contributed by atoms with E-state index >= 15 is 0 Å². The van der Waals surface area contributed by atoms with Gasteiger partial charge in [0.15, 0.2) is 0 Å². The molecule has 2 heteroatoms. The van der Waals surface area contributed by atoms with Gasteiger partial charge in [-0.1, -0.05) is 61.8 Å². The summed E-state index contributed by atoms with van der Waals surface area (Å²) < 4.78 is 5.78. The molecule has 0 N–H and O–H groups in total. The molecule has 4 aliphatic carbocycles. The van der Waals surface area contributed by atoms with Crippen LogP contribution in [0, 0.1) is 52.3 Å². The van der Waals surface area contributed by atoms with Gasteiger partial charge in [0.2, 0.25) is 0 Å². The lowest BCUT2D eigenvalue weighted by atomic mass is 9.63. The van der Waals surface area contributed by atoms with Crippen LogP contribution in [0.5, 0.6) is 0 Å². The summed E-state index contributed by atoms with van der Waals surface area (Å²) in [7, 11) is 0. The maximum absolute atomic E-state index is 11.4. The van der Waals surface area contributed by atoms with Gasteiger partial charge in [-0.2, -0.15) is 0 Å². The number of carbonyl (C=O) groups is 1. The molecule has 0 aromatic carbocycles. The Hall–Kier alpha value is -0.530. The third kappa shape index (κ3) is 3.39. The van der Waals surface area contributed by atoms with Gasteiger partial charge >= 0.3 is 5.97 Å². The van der Waals surface area contributed by atoms with Gasteiger partial charge in [0.05, 0.1) is 0 Å². The Morgan fingerprint density at radius 3 is 2.00 bits per heavy atom. The van der Waals surface area contributed by atoms with E-state index in [2.05, 4.69) is 55.4 Å². The number of esters is 1. The summed E-state index contributed by atoms with van der Waals surface area (Å²) in [6.45, 7) is 20.6. The van der Waals surface area contributed by atoms with E-state index < -0.39 is 0 Å². The van der Waals surface area contributed by atoms with Crippen LogP contribution >= 0.6 is 0 Å². The van der Waals surface area contributed by atoms with E-state index in [1.54, 1.807) is 6.92 Å². The standard InChI is InChI=1S/C14H24O2.C13H24/c1-6-14(16-10(2)15)9-11-7-8-13(14,5)12(11,3)4;1-5-11-7-10(4)12-8(2)6-9(3)13(11)12/h11H,6-9H2,1-5H3;8-13H,5-7H2,1-4H3. The molecule has 2 bridgehead atoms. The molecule has 9 atom stereocenters. The van der Waals surface area contributed by atoms with Crippen molar-refractivity contribution in [3.8, 4) is 0 Å². The maximum Gasteiger partial charge on any atom is 0.303 e. The number of hydrogen-bond donors (Lipinski definition) is 0. The number of rotatable bonds is 3. The average molecular weight is 405 g/mol. The van der Waals surface area contributed by atoms with Crippen LogP contribution in [0.3, 0.4) is 0 Å². The highest BCUT2D eigenvalue weighted by atomic mass is 16.6. The highest BCUT2D eigenvalue weighted by Gasteiger charge is 2.69. The minimum absolute atomic E-state index is 0.119. The second-order valence-electron chi connectivity index (χ2n) is 12.2. The first-order chi connectivity index (χ1) is 13.4. The first-order valence-electron chi connectivity index (χ1n) is 12.6. The van der Waals surface area contributed by atoms with Crippen molar-refractivity contribution in [3.63, 3.8) is 0 Å². The van der Waals surface area contributed by atoms with Gasteiger partial charge < -0.3 is 4.74 Å². The largest absolute Gasteiger partial charge is 0.459 e. The predicted molar refractivity (Wildman–Crippen MR) is 122 cm³/mol. The van der Waals surface area contributed by atoms with E-state index in [0.717, 1.165) is 54.3 Å². The van der Waals surface area contributed by atoms with Crippen LogP contribution in [0.2, 0.25) is 0 Å². The van der Waals surface area contributed by atoms with Gasteiger partial charge in [-0.05, 0) is 85.4 Å². The Bertz CT molecular complexity index is 610. The number of ether oxygens (including phenoxy) is 1. The Labute approximate surface area is 180 Å². The lowest BCUT2D eigenvalue weighted by molar-refractivity contribution is -0.177. The van der Waals surface area contributed by atoms with Gasteiger partial charge in [0.1, 0.15) is 5.60 Å². The van der Waals surface area contributed by atoms with Gasteiger partial charge in [-0.15, -0.1) is 0 Å². The molecule has 4 rings (SSSR count). The third-order valence-electron chi connectivity index (χ3n) is 10.8. The number of fused-ring (bicyclic) bond motifs is 3. The topological polar surface area (TPSA) is 26.3 Å². The molecule has 9 unspecified atom stereocenters. The molecular weight excluding hydrogens is 356 g/mol. The van der Waals surface area contributed by atoms with Crippen LogP contribution in [0.1, 0.15) is 107 Å². The molecule has 0 aromatic rings. The van der Waals surface area contributed by atoms with Crippen molar-refractivity contribution in [2.45, 2.75) is 113 Å². The minimum atomic E-state index is -0.203. The van der Waals surface area contributed by atoms with E-state index in [4.69, 9.17) is 4.74 Å². The van der Waals surface area contributed by atoms with Crippen LogP contribution in [-0.2, 0) is 9.53 Å². The normalized spacial score (nSPS) is 49.5. The molecular formula is C27H48O2. The van der Waals surface area contributed by atoms with E-state index in [9.17, 15) is 4.79 Å². The van der Waals surface area contributed by atoms with Crippen molar-refractivity contribution in [2.24, 2.45) is 52.3 Å². The summed E-state index contributed by atoms with van der Waals surface area (Å²) >= 11 is 0. The van der Waals surface area contributed by atoms with E-state index in [1.165, 1.54) is 32.1 Å². The van der Waals surface area contributed by atoms with Crippen LogP contribution in [0.25, 0.3) is 0 Å². The quantitative estimate of drug-likeness (QED) is 0.455. The van der Waals surface area contributed by atoms with Crippen molar-refractivity contribution in [1.29, 1.82) is 0 Å². The van der Waals surface area contributed by atoms with Crippen molar-refractivity contribution >= 4 is 5.97 Å². The molecule has 0 aliphatic heterocycles. The van der Waals surface area contributed by atoms with Gasteiger partial charge in [-0.3, -0.25) is 4.79 Å². The van der Waals surface area contributed by atoms with Crippen molar-refractivity contribution in [3.05, 3.63) is 0 Å². The zero-order chi connectivity index (χ0) is 21.8. The van der Waals surface area contributed by atoms with Gasteiger partial charge in [0.25, 0.3) is 0 Å². The third-order valence-corrected chi connectivity index (χ3v) is 10.8. The molecule has 0 radical (unpaired) electrons. The van der Waals surface area contributed by atoms with Crippen LogP contribution < -0.4 is 0 Å². The fourth-order valence-electron chi connectivity index (χ4n) is 9.04. The first-order valence-corrected chi connectivity index (χ1v) is 12.6. The first kappa shape index (κ1) is 23.1. The molecule has 4 saturated carbocycles. The van der Waals surface area contributed by atoms with Crippen molar-refractivity contribution in [1.82, 2.24) is 0 Å². The highest BCUT2D eigenvalue weighted by Crippen LogP contribution is 2.71. The number of hydrogen-bond acceptors (Lipinski definition) is 2. The van der Waals surface area contributed by atoms with Gasteiger partial charge in [0, 0.05) is 12.3 Å². The Kier molecular flexibility index (Phi) is 6.28. The summed E-state index contributed by atoms with van der Waals surface area (Å²) in [5.74, 6) is 6.83. The van der Waals surface area contributed by atoms with Crippen molar-refractivity contribution < 1.29 is 9.53 Å².